The van der Waals surface area contributed by atoms with Crippen LogP contribution in [0.4, 0.5) is 24.5 Å². The van der Waals surface area contributed by atoms with Gasteiger partial charge in [-0.05, 0) is 31.5 Å². The summed E-state index contributed by atoms with van der Waals surface area (Å²) in [7, 11) is 0. The van der Waals surface area contributed by atoms with Gasteiger partial charge < -0.3 is 10.6 Å². The minimum absolute atomic E-state index is 0.375. The standard InChI is InChI=1S/C15H17F3N4O/c1-9-3-4-11(16)5-13(9)21-15(23)10(2)20-12-6-19-22(7-12)8-14(17)18/h3-7,10,14,20H,8H2,1-2H3,(H,21,23)/t10-/m1/s1. The highest BCUT2D eigenvalue weighted by Gasteiger charge is 2.15. The van der Waals surface area contributed by atoms with Gasteiger partial charge in [-0.25, -0.2) is 13.2 Å². The molecule has 0 aliphatic rings. The Morgan fingerprint density at radius 1 is 1.39 bits per heavy atom. The van der Waals surface area contributed by atoms with E-state index in [2.05, 4.69) is 15.7 Å². The Morgan fingerprint density at radius 3 is 2.83 bits per heavy atom. The molecule has 1 atom stereocenters. The fraction of sp³-hybridized carbons (Fsp3) is 0.333. The molecular weight excluding hydrogens is 309 g/mol. The summed E-state index contributed by atoms with van der Waals surface area (Å²) in [6.45, 7) is 2.85. The molecule has 5 nitrogen and oxygen atoms in total. The first-order valence-electron chi connectivity index (χ1n) is 6.99. The Hall–Kier alpha value is -2.51. The Labute approximate surface area is 131 Å². The summed E-state index contributed by atoms with van der Waals surface area (Å²) in [6.07, 6.45) is 0.252. The molecule has 0 radical (unpaired) electrons. The van der Waals surface area contributed by atoms with Crippen LogP contribution in [0.1, 0.15) is 12.5 Å². The summed E-state index contributed by atoms with van der Waals surface area (Å²) in [5.74, 6) is -0.819. The predicted octanol–water partition coefficient (Wildman–Crippen LogP) is 3.03. The van der Waals surface area contributed by atoms with Gasteiger partial charge in [0.2, 0.25) is 5.91 Å². The molecule has 1 aromatic carbocycles. The average molecular weight is 326 g/mol. The largest absolute Gasteiger partial charge is 0.371 e. The highest BCUT2D eigenvalue weighted by atomic mass is 19.3. The van der Waals surface area contributed by atoms with Crippen molar-refractivity contribution in [1.82, 2.24) is 9.78 Å². The second-order valence-corrected chi connectivity index (χ2v) is 5.16. The summed E-state index contributed by atoms with van der Waals surface area (Å²) >= 11 is 0. The first kappa shape index (κ1) is 16.9. The van der Waals surface area contributed by atoms with Crippen molar-refractivity contribution in [3.05, 3.63) is 42.0 Å². The van der Waals surface area contributed by atoms with Crippen LogP contribution in [0.3, 0.4) is 0 Å². The first-order valence-corrected chi connectivity index (χ1v) is 6.99. The number of hydrogen-bond acceptors (Lipinski definition) is 3. The molecule has 0 unspecified atom stereocenters. The van der Waals surface area contributed by atoms with E-state index in [9.17, 15) is 18.0 Å². The predicted molar refractivity (Wildman–Crippen MR) is 81.1 cm³/mol. The van der Waals surface area contributed by atoms with Crippen molar-refractivity contribution in [2.45, 2.75) is 32.9 Å². The van der Waals surface area contributed by atoms with E-state index >= 15 is 0 Å². The summed E-state index contributed by atoms with van der Waals surface area (Å²) < 4.78 is 38.8. The lowest BCUT2D eigenvalue weighted by molar-refractivity contribution is -0.116. The molecule has 0 fully saturated rings. The normalized spacial score (nSPS) is 12.3. The van der Waals surface area contributed by atoms with E-state index in [1.54, 1.807) is 19.9 Å². The lowest BCUT2D eigenvalue weighted by Gasteiger charge is -2.15. The van der Waals surface area contributed by atoms with E-state index in [4.69, 9.17) is 0 Å². The van der Waals surface area contributed by atoms with E-state index in [-0.39, 0.29) is 5.91 Å². The van der Waals surface area contributed by atoms with E-state index in [0.717, 1.165) is 10.2 Å². The van der Waals surface area contributed by atoms with Crippen LogP contribution in [0.25, 0.3) is 0 Å². The minimum atomic E-state index is -2.50. The molecule has 0 bridgehead atoms. The maximum Gasteiger partial charge on any atom is 0.257 e. The number of hydrogen-bond donors (Lipinski definition) is 2. The molecule has 1 amide bonds. The van der Waals surface area contributed by atoms with Crippen LogP contribution < -0.4 is 10.6 Å². The molecule has 1 heterocycles. The van der Waals surface area contributed by atoms with Crippen LogP contribution in [0.2, 0.25) is 0 Å². The van der Waals surface area contributed by atoms with Crippen LogP contribution in [-0.2, 0) is 11.3 Å². The number of amides is 1. The quantitative estimate of drug-likeness (QED) is 0.858. The molecule has 0 aliphatic carbocycles. The van der Waals surface area contributed by atoms with Crippen molar-refractivity contribution in [3.8, 4) is 0 Å². The van der Waals surface area contributed by atoms with Gasteiger partial charge in [0.25, 0.3) is 6.43 Å². The monoisotopic (exact) mass is 326 g/mol. The van der Waals surface area contributed by atoms with Gasteiger partial charge in [0.05, 0.1) is 11.9 Å². The number of anilines is 2. The molecule has 0 saturated heterocycles. The van der Waals surface area contributed by atoms with Crippen LogP contribution in [0.15, 0.2) is 30.6 Å². The van der Waals surface area contributed by atoms with Crippen molar-refractivity contribution >= 4 is 17.3 Å². The molecule has 0 saturated carbocycles. The summed E-state index contributed by atoms with van der Waals surface area (Å²) in [5.41, 5.74) is 1.57. The average Bonchev–Trinajstić information content (AvgIpc) is 2.89. The Bertz CT molecular complexity index is 687. The molecule has 23 heavy (non-hydrogen) atoms. The van der Waals surface area contributed by atoms with Gasteiger partial charge in [0.1, 0.15) is 18.4 Å². The van der Waals surface area contributed by atoms with E-state index < -0.39 is 24.8 Å². The van der Waals surface area contributed by atoms with Gasteiger partial charge in [-0.2, -0.15) is 5.10 Å². The second-order valence-electron chi connectivity index (χ2n) is 5.16. The third kappa shape index (κ3) is 4.73. The number of rotatable bonds is 6. The number of nitrogens with zero attached hydrogens (tertiary/aromatic N) is 2. The zero-order chi connectivity index (χ0) is 17.0. The van der Waals surface area contributed by atoms with Gasteiger partial charge in [0.15, 0.2) is 0 Å². The molecule has 0 aliphatic heterocycles. The molecule has 1 aromatic heterocycles. The van der Waals surface area contributed by atoms with Crippen molar-refractivity contribution in [2.75, 3.05) is 10.6 Å². The molecule has 0 spiro atoms. The van der Waals surface area contributed by atoms with Gasteiger partial charge in [-0.15, -0.1) is 0 Å². The van der Waals surface area contributed by atoms with E-state index in [1.807, 2.05) is 0 Å². The zero-order valence-corrected chi connectivity index (χ0v) is 12.7. The number of halogens is 3. The second kappa shape index (κ2) is 7.17. The van der Waals surface area contributed by atoms with Crippen LogP contribution >= 0.6 is 0 Å². The number of carbonyl (C=O) groups is 1. The molecule has 2 aromatic rings. The van der Waals surface area contributed by atoms with Gasteiger partial charge in [-0.3, -0.25) is 9.48 Å². The van der Waals surface area contributed by atoms with Gasteiger partial charge in [-0.1, -0.05) is 6.07 Å². The fourth-order valence-corrected chi connectivity index (χ4v) is 1.96. The number of aryl methyl sites for hydroxylation is 1. The van der Waals surface area contributed by atoms with Crippen molar-refractivity contribution in [1.29, 1.82) is 0 Å². The topological polar surface area (TPSA) is 59.0 Å². The molecular formula is C15H17F3N4O. The van der Waals surface area contributed by atoms with Crippen molar-refractivity contribution < 1.29 is 18.0 Å². The van der Waals surface area contributed by atoms with Crippen molar-refractivity contribution in [3.63, 3.8) is 0 Å². The molecule has 8 heteroatoms. The fourth-order valence-electron chi connectivity index (χ4n) is 1.96. The molecule has 2 N–H and O–H groups in total. The van der Waals surface area contributed by atoms with Gasteiger partial charge in [0, 0.05) is 11.9 Å². The Balaban J connectivity index is 1.97. The summed E-state index contributed by atoms with van der Waals surface area (Å²) in [4.78, 5) is 12.1. The lowest BCUT2D eigenvalue weighted by atomic mass is 10.2. The third-order valence-corrected chi connectivity index (χ3v) is 3.19. The third-order valence-electron chi connectivity index (χ3n) is 3.19. The van der Waals surface area contributed by atoms with E-state index in [1.165, 1.54) is 24.5 Å². The summed E-state index contributed by atoms with van der Waals surface area (Å²) in [6, 6.07) is 3.46. The number of alkyl halides is 2. The Kier molecular flexibility index (Phi) is 5.25. The highest BCUT2D eigenvalue weighted by Crippen LogP contribution is 2.17. The highest BCUT2D eigenvalue weighted by molar-refractivity contribution is 5.96. The molecule has 2 rings (SSSR count). The Morgan fingerprint density at radius 2 is 2.13 bits per heavy atom. The number of aromatic nitrogens is 2. The van der Waals surface area contributed by atoms with Crippen LogP contribution in [-0.4, -0.2) is 28.2 Å². The number of carbonyl (C=O) groups excluding carboxylic acids is 1. The smallest absolute Gasteiger partial charge is 0.257 e. The number of nitrogens with one attached hydrogen (secondary N) is 2. The number of benzene rings is 1. The SMILES string of the molecule is Cc1ccc(F)cc1NC(=O)[C@@H](C)Nc1cnn(CC(F)F)c1. The first-order chi connectivity index (χ1) is 10.8. The minimum Gasteiger partial charge on any atom is -0.371 e. The molecule has 124 valence electrons. The van der Waals surface area contributed by atoms with Gasteiger partial charge >= 0.3 is 0 Å². The van der Waals surface area contributed by atoms with Crippen LogP contribution in [0.5, 0.6) is 0 Å². The van der Waals surface area contributed by atoms with Crippen LogP contribution in [0, 0.1) is 12.7 Å². The van der Waals surface area contributed by atoms with E-state index in [0.29, 0.717) is 11.4 Å². The summed E-state index contributed by atoms with van der Waals surface area (Å²) in [5, 5.41) is 9.25. The maximum absolute atomic E-state index is 13.2. The lowest BCUT2D eigenvalue weighted by Crippen LogP contribution is -2.32. The van der Waals surface area contributed by atoms with Crippen molar-refractivity contribution in [2.24, 2.45) is 0 Å². The zero-order valence-electron chi connectivity index (χ0n) is 12.7. The maximum atomic E-state index is 13.2.